The smallest absolute Gasteiger partial charge is 0.194 e. The molecular formula is C24H30N6O2. The Morgan fingerprint density at radius 1 is 1.25 bits per heavy atom. The topological polar surface area (TPSA) is 76.8 Å². The van der Waals surface area contributed by atoms with Crippen LogP contribution in [0.4, 0.5) is 0 Å². The molecule has 1 aliphatic heterocycles. The molecule has 3 aromatic rings. The van der Waals surface area contributed by atoms with Gasteiger partial charge in [0.15, 0.2) is 5.96 Å². The van der Waals surface area contributed by atoms with E-state index in [1.54, 1.807) is 10.9 Å². The minimum atomic E-state index is -0.00292. The Bertz CT molecular complexity index is 1000. The molecule has 1 aliphatic rings. The summed E-state index contributed by atoms with van der Waals surface area (Å²) in [5.41, 5.74) is 3.13. The van der Waals surface area contributed by atoms with Gasteiger partial charge in [0, 0.05) is 38.1 Å². The van der Waals surface area contributed by atoms with Gasteiger partial charge < -0.3 is 19.7 Å². The molecular weight excluding hydrogens is 404 g/mol. The first-order chi connectivity index (χ1) is 15.7. The summed E-state index contributed by atoms with van der Waals surface area (Å²) in [5, 5.41) is 7.69. The van der Waals surface area contributed by atoms with Crippen LogP contribution in [0.3, 0.4) is 0 Å². The van der Waals surface area contributed by atoms with Gasteiger partial charge in [-0.05, 0) is 36.8 Å². The van der Waals surface area contributed by atoms with Crippen molar-refractivity contribution in [2.45, 2.75) is 26.2 Å². The number of aryl methyl sites for hydroxylation is 1. The molecule has 1 unspecified atom stereocenters. The maximum atomic E-state index is 5.97. The number of nitrogens with one attached hydrogen (secondary N) is 1. The van der Waals surface area contributed by atoms with Gasteiger partial charge >= 0.3 is 0 Å². The van der Waals surface area contributed by atoms with Crippen LogP contribution in [0.25, 0.3) is 0 Å². The lowest BCUT2D eigenvalue weighted by Gasteiger charge is -2.34. The Hall–Kier alpha value is -3.39. The number of pyridine rings is 1. The minimum absolute atomic E-state index is 0.00292. The van der Waals surface area contributed by atoms with E-state index in [9.17, 15) is 0 Å². The predicted octanol–water partition coefficient (Wildman–Crippen LogP) is 2.93. The summed E-state index contributed by atoms with van der Waals surface area (Å²) in [6.45, 7) is 6.17. The zero-order valence-electron chi connectivity index (χ0n) is 18.6. The van der Waals surface area contributed by atoms with Crippen LogP contribution in [-0.4, -0.2) is 51.9 Å². The SMILES string of the molecule is CCNC(=NCc1ccc(OCc2ccccn2)cc1)N1CCOC(c2cnn(C)c2)C1. The highest BCUT2D eigenvalue weighted by Gasteiger charge is 2.25. The first-order valence-corrected chi connectivity index (χ1v) is 11.0. The number of rotatable bonds is 7. The first kappa shape index (κ1) is 21.8. The first-order valence-electron chi connectivity index (χ1n) is 11.0. The van der Waals surface area contributed by atoms with Crippen LogP contribution in [0.2, 0.25) is 0 Å². The quantitative estimate of drug-likeness (QED) is 0.455. The summed E-state index contributed by atoms with van der Waals surface area (Å²) in [5.74, 6) is 1.72. The van der Waals surface area contributed by atoms with Crippen LogP contribution in [-0.2, 0) is 24.9 Å². The molecule has 0 spiro atoms. The summed E-state index contributed by atoms with van der Waals surface area (Å²) >= 11 is 0. The average Bonchev–Trinajstić information content (AvgIpc) is 3.28. The van der Waals surface area contributed by atoms with E-state index < -0.39 is 0 Å². The molecule has 1 fully saturated rings. The van der Waals surface area contributed by atoms with Crippen molar-refractivity contribution in [2.75, 3.05) is 26.2 Å². The Morgan fingerprint density at radius 2 is 2.12 bits per heavy atom. The van der Waals surface area contributed by atoms with Crippen LogP contribution in [0.1, 0.15) is 29.8 Å². The summed E-state index contributed by atoms with van der Waals surface area (Å²) in [7, 11) is 1.92. The molecule has 8 nitrogen and oxygen atoms in total. The third-order valence-electron chi connectivity index (χ3n) is 5.25. The second-order valence-corrected chi connectivity index (χ2v) is 7.68. The fraction of sp³-hybridized carbons (Fsp3) is 0.375. The number of ether oxygens (including phenoxy) is 2. The molecule has 0 amide bonds. The van der Waals surface area contributed by atoms with Crippen molar-refractivity contribution in [3.63, 3.8) is 0 Å². The van der Waals surface area contributed by atoms with E-state index in [0.29, 0.717) is 19.8 Å². The van der Waals surface area contributed by atoms with Crippen LogP contribution in [0.15, 0.2) is 66.0 Å². The third kappa shape index (κ3) is 5.85. The minimum Gasteiger partial charge on any atom is -0.487 e. The number of aromatic nitrogens is 3. The van der Waals surface area contributed by atoms with E-state index in [0.717, 1.165) is 48.2 Å². The largest absolute Gasteiger partial charge is 0.487 e. The molecule has 0 radical (unpaired) electrons. The molecule has 1 atom stereocenters. The predicted molar refractivity (Wildman–Crippen MR) is 123 cm³/mol. The summed E-state index contributed by atoms with van der Waals surface area (Å²) < 4.78 is 13.6. The molecule has 0 aliphatic carbocycles. The second-order valence-electron chi connectivity index (χ2n) is 7.68. The summed E-state index contributed by atoms with van der Waals surface area (Å²) in [6.07, 6.45) is 5.65. The van der Waals surface area contributed by atoms with E-state index in [1.807, 2.05) is 49.8 Å². The zero-order chi connectivity index (χ0) is 22.2. The van der Waals surface area contributed by atoms with Gasteiger partial charge in [-0.1, -0.05) is 18.2 Å². The molecule has 2 aromatic heterocycles. The Balaban J connectivity index is 1.36. The lowest BCUT2D eigenvalue weighted by molar-refractivity contribution is -0.00805. The van der Waals surface area contributed by atoms with Crippen molar-refractivity contribution in [1.29, 1.82) is 0 Å². The maximum absolute atomic E-state index is 5.97. The number of hydrogen-bond acceptors (Lipinski definition) is 5. The van der Waals surface area contributed by atoms with Crippen molar-refractivity contribution >= 4 is 5.96 Å². The van der Waals surface area contributed by atoms with E-state index in [-0.39, 0.29) is 6.10 Å². The Morgan fingerprint density at radius 3 is 2.84 bits per heavy atom. The lowest BCUT2D eigenvalue weighted by atomic mass is 10.1. The van der Waals surface area contributed by atoms with Gasteiger partial charge in [0.25, 0.3) is 0 Å². The van der Waals surface area contributed by atoms with Gasteiger partial charge in [0.05, 0.1) is 31.6 Å². The van der Waals surface area contributed by atoms with E-state index >= 15 is 0 Å². The summed E-state index contributed by atoms with van der Waals surface area (Å²) in [4.78, 5) is 11.4. The van der Waals surface area contributed by atoms with E-state index in [1.165, 1.54) is 0 Å². The maximum Gasteiger partial charge on any atom is 0.194 e. The fourth-order valence-electron chi connectivity index (χ4n) is 3.57. The summed E-state index contributed by atoms with van der Waals surface area (Å²) in [6, 6.07) is 13.9. The van der Waals surface area contributed by atoms with Crippen LogP contribution in [0, 0.1) is 0 Å². The number of morpholine rings is 1. The highest BCUT2D eigenvalue weighted by molar-refractivity contribution is 5.80. The van der Waals surface area contributed by atoms with Gasteiger partial charge in [-0.3, -0.25) is 9.67 Å². The molecule has 0 saturated carbocycles. The monoisotopic (exact) mass is 434 g/mol. The van der Waals surface area contributed by atoms with Crippen molar-refractivity contribution in [2.24, 2.45) is 12.0 Å². The highest BCUT2D eigenvalue weighted by Crippen LogP contribution is 2.22. The van der Waals surface area contributed by atoms with Crippen molar-refractivity contribution in [3.05, 3.63) is 77.9 Å². The third-order valence-corrected chi connectivity index (χ3v) is 5.25. The Kier molecular flexibility index (Phi) is 7.34. The normalized spacial score (nSPS) is 16.8. The molecule has 3 heterocycles. The van der Waals surface area contributed by atoms with Gasteiger partial charge in [-0.15, -0.1) is 0 Å². The average molecular weight is 435 g/mol. The van der Waals surface area contributed by atoms with Crippen molar-refractivity contribution in [1.82, 2.24) is 25.0 Å². The van der Waals surface area contributed by atoms with Crippen LogP contribution >= 0.6 is 0 Å². The highest BCUT2D eigenvalue weighted by atomic mass is 16.5. The van der Waals surface area contributed by atoms with Gasteiger partial charge in [-0.2, -0.15) is 5.10 Å². The van der Waals surface area contributed by atoms with Crippen LogP contribution < -0.4 is 10.1 Å². The standard InChI is InChI=1S/C24H30N6O2/c1-3-25-24(30-12-13-31-23(17-30)20-15-28-29(2)16-20)27-14-19-7-9-22(10-8-19)32-18-21-6-4-5-11-26-21/h4-11,15-16,23H,3,12-14,17-18H2,1-2H3,(H,25,27). The van der Waals surface area contributed by atoms with Crippen LogP contribution in [0.5, 0.6) is 5.75 Å². The number of benzene rings is 1. The second kappa shape index (κ2) is 10.8. The molecule has 0 bridgehead atoms. The molecule has 168 valence electrons. The van der Waals surface area contributed by atoms with Crippen molar-refractivity contribution < 1.29 is 9.47 Å². The molecule has 1 saturated heterocycles. The van der Waals surface area contributed by atoms with Gasteiger partial charge in [0.1, 0.15) is 18.5 Å². The van der Waals surface area contributed by atoms with E-state index in [2.05, 4.69) is 39.4 Å². The lowest BCUT2D eigenvalue weighted by Crippen LogP contribution is -2.48. The number of hydrogen-bond donors (Lipinski definition) is 1. The zero-order valence-corrected chi connectivity index (χ0v) is 18.6. The fourth-order valence-corrected chi connectivity index (χ4v) is 3.57. The molecule has 8 heteroatoms. The molecule has 4 rings (SSSR count). The molecule has 32 heavy (non-hydrogen) atoms. The van der Waals surface area contributed by atoms with Gasteiger partial charge in [0.2, 0.25) is 0 Å². The number of nitrogens with zero attached hydrogens (tertiary/aromatic N) is 5. The molecule has 1 N–H and O–H groups in total. The number of guanidine groups is 1. The van der Waals surface area contributed by atoms with Crippen molar-refractivity contribution in [3.8, 4) is 5.75 Å². The molecule has 1 aromatic carbocycles. The van der Waals surface area contributed by atoms with E-state index in [4.69, 9.17) is 14.5 Å². The Labute approximate surface area is 188 Å². The van der Waals surface area contributed by atoms with Gasteiger partial charge in [-0.25, -0.2) is 4.99 Å². The number of aliphatic imine (C=N–C) groups is 1.